The first-order valence-corrected chi connectivity index (χ1v) is 9.59. The van der Waals surface area contributed by atoms with E-state index >= 15 is 0 Å². The number of halogens is 1. The van der Waals surface area contributed by atoms with Crippen molar-refractivity contribution in [1.82, 2.24) is 24.6 Å². The van der Waals surface area contributed by atoms with Crippen LogP contribution in [0, 0.1) is 5.82 Å². The van der Waals surface area contributed by atoms with Gasteiger partial charge in [-0.3, -0.25) is 9.89 Å². The predicted octanol–water partition coefficient (Wildman–Crippen LogP) is 3.68. The number of nitrogens with one attached hydrogen (secondary N) is 1. The van der Waals surface area contributed by atoms with E-state index in [1.165, 1.54) is 12.1 Å². The second kappa shape index (κ2) is 7.22. The molecule has 28 heavy (non-hydrogen) atoms. The maximum Gasteiger partial charge on any atom is 0.245 e. The minimum Gasteiger partial charge on any atom is -0.336 e. The number of imidazole rings is 1. The molecule has 1 unspecified atom stereocenters. The van der Waals surface area contributed by atoms with Crippen LogP contribution in [0.3, 0.4) is 0 Å². The highest BCUT2D eigenvalue weighted by molar-refractivity contribution is 5.81. The molecule has 1 aliphatic heterocycles. The normalized spacial score (nSPS) is 15.0. The van der Waals surface area contributed by atoms with Gasteiger partial charge in [0.1, 0.15) is 17.7 Å². The van der Waals surface area contributed by atoms with Crippen molar-refractivity contribution in [1.29, 1.82) is 0 Å². The standard InChI is InChI=1S/C21H24FN5O/c1-13(2)20-23-8-10-27(20)14(3)21(28)26-9-7-18-17(12-26)19(25-24-18)15-5-4-6-16(22)11-15/h4-6,8,10-11,13-14H,7,9,12H2,1-3H3,(H,24,25). The largest absolute Gasteiger partial charge is 0.336 e. The number of amides is 1. The van der Waals surface area contributed by atoms with Crippen LogP contribution >= 0.6 is 0 Å². The van der Waals surface area contributed by atoms with Crippen LogP contribution in [0.1, 0.15) is 49.8 Å². The van der Waals surface area contributed by atoms with E-state index in [0.29, 0.717) is 25.2 Å². The van der Waals surface area contributed by atoms with Crippen LogP contribution in [0.5, 0.6) is 0 Å². The zero-order chi connectivity index (χ0) is 19.8. The second-order valence-electron chi connectivity index (χ2n) is 7.57. The molecule has 6 nitrogen and oxygen atoms in total. The summed E-state index contributed by atoms with van der Waals surface area (Å²) in [5.41, 5.74) is 3.41. The highest BCUT2D eigenvalue weighted by Gasteiger charge is 2.29. The van der Waals surface area contributed by atoms with E-state index in [-0.39, 0.29) is 23.7 Å². The molecule has 3 aromatic rings. The number of carbonyl (C=O) groups is 1. The van der Waals surface area contributed by atoms with E-state index in [2.05, 4.69) is 29.0 Å². The van der Waals surface area contributed by atoms with Crippen LogP contribution in [0.15, 0.2) is 36.7 Å². The summed E-state index contributed by atoms with van der Waals surface area (Å²) in [5.74, 6) is 0.902. The monoisotopic (exact) mass is 381 g/mol. The van der Waals surface area contributed by atoms with Crippen LogP contribution in [0.2, 0.25) is 0 Å². The topological polar surface area (TPSA) is 66.8 Å². The van der Waals surface area contributed by atoms with Gasteiger partial charge in [0.05, 0.1) is 5.69 Å². The van der Waals surface area contributed by atoms with E-state index in [1.54, 1.807) is 12.3 Å². The Bertz CT molecular complexity index is 1010. The third-order valence-electron chi connectivity index (χ3n) is 5.33. The number of fused-ring (bicyclic) bond motifs is 1. The zero-order valence-corrected chi connectivity index (χ0v) is 16.3. The molecule has 1 atom stereocenters. The van der Waals surface area contributed by atoms with E-state index in [1.807, 2.05) is 28.7 Å². The molecular formula is C21H24FN5O. The first-order valence-electron chi connectivity index (χ1n) is 9.59. The number of hydrogen-bond donors (Lipinski definition) is 1. The summed E-state index contributed by atoms with van der Waals surface area (Å²) in [6, 6.07) is 6.07. The minimum absolute atomic E-state index is 0.0527. The quantitative estimate of drug-likeness (QED) is 0.750. The van der Waals surface area contributed by atoms with Crippen molar-refractivity contribution in [2.45, 2.75) is 45.7 Å². The molecule has 3 heterocycles. The summed E-state index contributed by atoms with van der Waals surface area (Å²) < 4.78 is 15.6. The van der Waals surface area contributed by atoms with Crippen LogP contribution in [0.25, 0.3) is 11.3 Å². The summed E-state index contributed by atoms with van der Waals surface area (Å²) in [7, 11) is 0. The lowest BCUT2D eigenvalue weighted by molar-refractivity contribution is -0.135. The summed E-state index contributed by atoms with van der Waals surface area (Å²) in [5, 5.41) is 7.45. The molecule has 146 valence electrons. The molecule has 7 heteroatoms. The van der Waals surface area contributed by atoms with Gasteiger partial charge >= 0.3 is 0 Å². The number of nitrogens with zero attached hydrogens (tertiary/aromatic N) is 4. The van der Waals surface area contributed by atoms with Crippen LogP contribution < -0.4 is 0 Å². The molecule has 0 radical (unpaired) electrons. The average Bonchev–Trinajstić information content (AvgIpc) is 3.33. The molecular weight excluding hydrogens is 357 g/mol. The summed E-state index contributed by atoms with van der Waals surface area (Å²) >= 11 is 0. The first-order chi connectivity index (χ1) is 13.5. The van der Waals surface area contributed by atoms with Crippen LogP contribution in [0.4, 0.5) is 4.39 Å². The Morgan fingerprint density at radius 2 is 2.11 bits per heavy atom. The summed E-state index contributed by atoms with van der Waals surface area (Å²) in [4.78, 5) is 19.4. The third kappa shape index (κ3) is 3.21. The zero-order valence-electron chi connectivity index (χ0n) is 16.3. The Balaban J connectivity index is 1.59. The van der Waals surface area contributed by atoms with E-state index in [4.69, 9.17) is 0 Å². The van der Waals surface area contributed by atoms with Crippen molar-refractivity contribution in [2.24, 2.45) is 0 Å². The molecule has 0 saturated carbocycles. The fraction of sp³-hybridized carbons (Fsp3) is 0.381. The highest BCUT2D eigenvalue weighted by atomic mass is 19.1. The molecule has 2 aromatic heterocycles. The van der Waals surface area contributed by atoms with Crippen molar-refractivity contribution < 1.29 is 9.18 Å². The van der Waals surface area contributed by atoms with Gasteiger partial charge in [-0.25, -0.2) is 9.37 Å². The number of carbonyl (C=O) groups excluding carboxylic acids is 1. The Hall–Kier alpha value is -2.96. The maximum atomic E-state index is 13.7. The summed E-state index contributed by atoms with van der Waals surface area (Å²) in [6.45, 7) is 7.15. The number of benzene rings is 1. The lowest BCUT2D eigenvalue weighted by atomic mass is 10.0. The smallest absolute Gasteiger partial charge is 0.245 e. The fourth-order valence-electron chi connectivity index (χ4n) is 3.84. The fourth-order valence-corrected chi connectivity index (χ4v) is 3.84. The van der Waals surface area contributed by atoms with Gasteiger partial charge in [-0.15, -0.1) is 0 Å². The maximum absolute atomic E-state index is 13.7. The SMILES string of the molecule is CC(C)c1nccn1C(C)C(=O)N1CCc2[nH]nc(-c3cccc(F)c3)c2C1. The van der Waals surface area contributed by atoms with Gasteiger partial charge < -0.3 is 9.47 Å². The van der Waals surface area contributed by atoms with Crippen LogP contribution in [-0.4, -0.2) is 37.1 Å². The van der Waals surface area contributed by atoms with Crippen molar-refractivity contribution in [3.63, 3.8) is 0 Å². The van der Waals surface area contributed by atoms with Gasteiger partial charge in [-0.05, 0) is 19.1 Å². The molecule has 0 bridgehead atoms. The number of H-pyrrole nitrogens is 1. The number of aromatic amines is 1. The van der Waals surface area contributed by atoms with Crippen molar-refractivity contribution in [2.75, 3.05) is 6.54 Å². The molecule has 0 fully saturated rings. The van der Waals surface area contributed by atoms with Gasteiger partial charge in [0.25, 0.3) is 0 Å². The van der Waals surface area contributed by atoms with Gasteiger partial charge in [-0.2, -0.15) is 5.10 Å². The molecule has 1 amide bonds. The average molecular weight is 381 g/mol. The molecule has 0 saturated heterocycles. The lowest BCUT2D eigenvalue weighted by Gasteiger charge is -2.30. The Labute approximate surface area is 163 Å². The van der Waals surface area contributed by atoms with Gasteiger partial charge in [0.15, 0.2) is 0 Å². The molecule has 1 aromatic carbocycles. The Morgan fingerprint density at radius 3 is 2.86 bits per heavy atom. The molecule has 1 N–H and O–H groups in total. The summed E-state index contributed by atoms with van der Waals surface area (Å²) in [6.07, 6.45) is 4.31. The van der Waals surface area contributed by atoms with Crippen molar-refractivity contribution >= 4 is 5.91 Å². The minimum atomic E-state index is -0.328. The van der Waals surface area contributed by atoms with Crippen molar-refractivity contribution in [3.05, 3.63) is 59.6 Å². The predicted molar refractivity (Wildman–Crippen MR) is 104 cm³/mol. The van der Waals surface area contributed by atoms with E-state index < -0.39 is 0 Å². The molecule has 4 rings (SSSR count). The third-order valence-corrected chi connectivity index (χ3v) is 5.33. The van der Waals surface area contributed by atoms with Gasteiger partial charge in [0.2, 0.25) is 5.91 Å². The lowest BCUT2D eigenvalue weighted by Crippen LogP contribution is -2.40. The Morgan fingerprint density at radius 1 is 1.29 bits per heavy atom. The Kier molecular flexibility index (Phi) is 4.75. The number of hydrogen-bond acceptors (Lipinski definition) is 3. The van der Waals surface area contributed by atoms with Crippen LogP contribution in [-0.2, 0) is 17.8 Å². The first kappa shape index (κ1) is 18.4. The molecule has 1 aliphatic rings. The highest BCUT2D eigenvalue weighted by Crippen LogP contribution is 2.30. The van der Waals surface area contributed by atoms with E-state index in [0.717, 1.165) is 22.6 Å². The second-order valence-corrected chi connectivity index (χ2v) is 7.57. The molecule has 0 spiro atoms. The van der Waals surface area contributed by atoms with Gasteiger partial charge in [0, 0.05) is 54.6 Å². The number of aromatic nitrogens is 4. The molecule has 0 aliphatic carbocycles. The van der Waals surface area contributed by atoms with Crippen molar-refractivity contribution in [3.8, 4) is 11.3 Å². The van der Waals surface area contributed by atoms with E-state index in [9.17, 15) is 9.18 Å². The number of rotatable bonds is 4. The van der Waals surface area contributed by atoms with Gasteiger partial charge in [-0.1, -0.05) is 26.0 Å².